The molecule has 1 unspecified atom stereocenters. The number of benzene rings is 2. The predicted octanol–water partition coefficient (Wildman–Crippen LogP) is 1.19. The second-order valence-electron chi connectivity index (χ2n) is 5.62. The standard InChI is InChI=1S/C19H18N2O3/c1-3-13-17-15(21-19(13)23)9-14(20)18(24-10-11(2)22)16(17)12-7-5-4-6-8-12/h3-9,11,22H,1,10,20H2,2H3. The van der Waals surface area contributed by atoms with Crippen molar-refractivity contribution in [1.82, 2.24) is 0 Å². The number of nitrogen functional groups attached to an aromatic ring is 1. The topological polar surface area (TPSA) is 84.9 Å². The molecule has 0 aliphatic carbocycles. The monoisotopic (exact) mass is 322 g/mol. The van der Waals surface area contributed by atoms with Gasteiger partial charge < -0.3 is 15.6 Å². The molecule has 5 nitrogen and oxygen atoms in total. The molecule has 0 saturated carbocycles. The number of rotatable bonds is 5. The van der Waals surface area contributed by atoms with Gasteiger partial charge in [-0.15, -0.1) is 0 Å². The Morgan fingerprint density at radius 3 is 2.71 bits per heavy atom. The lowest BCUT2D eigenvalue weighted by atomic mass is 9.98. The average molecular weight is 322 g/mol. The number of aliphatic hydroxyl groups excluding tert-OH is 1. The number of nitrogens with two attached hydrogens (primary N) is 1. The van der Waals surface area contributed by atoms with Crippen molar-refractivity contribution in [2.45, 2.75) is 13.0 Å². The summed E-state index contributed by atoms with van der Waals surface area (Å²) in [5.41, 5.74) is 8.47. The van der Waals surface area contributed by atoms with Crippen molar-refractivity contribution >= 4 is 17.2 Å². The highest BCUT2D eigenvalue weighted by Gasteiger charge is 2.22. The largest absolute Gasteiger partial charge is 0.488 e. The number of nitrogens with zero attached hydrogens (tertiary/aromatic N) is 1. The Bertz CT molecular complexity index is 931. The summed E-state index contributed by atoms with van der Waals surface area (Å²) in [5.74, 6) is 0.0920. The Hall–Kier alpha value is -2.92. The van der Waals surface area contributed by atoms with Crippen LogP contribution in [0.25, 0.3) is 16.7 Å². The first-order valence-corrected chi connectivity index (χ1v) is 7.61. The zero-order valence-electron chi connectivity index (χ0n) is 13.3. The van der Waals surface area contributed by atoms with Gasteiger partial charge in [0.1, 0.15) is 6.61 Å². The highest BCUT2D eigenvalue weighted by molar-refractivity contribution is 6.19. The van der Waals surface area contributed by atoms with E-state index in [4.69, 9.17) is 10.5 Å². The third-order valence-electron chi connectivity index (χ3n) is 3.74. The van der Waals surface area contributed by atoms with Crippen LogP contribution < -0.4 is 21.0 Å². The van der Waals surface area contributed by atoms with E-state index in [1.807, 2.05) is 30.3 Å². The van der Waals surface area contributed by atoms with Crippen LogP contribution in [0.2, 0.25) is 0 Å². The molecule has 0 aromatic heterocycles. The molecule has 0 saturated heterocycles. The minimum absolute atomic E-state index is 0.0946. The number of amides is 1. The molecule has 5 heteroatoms. The van der Waals surface area contributed by atoms with E-state index < -0.39 is 6.10 Å². The molecule has 3 N–H and O–H groups in total. The maximum absolute atomic E-state index is 12.1. The summed E-state index contributed by atoms with van der Waals surface area (Å²) in [7, 11) is 0. The van der Waals surface area contributed by atoms with Gasteiger partial charge in [-0.1, -0.05) is 43.0 Å². The highest BCUT2D eigenvalue weighted by Crippen LogP contribution is 2.32. The molecule has 2 aromatic rings. The Balaban J connectivity index is 2.39. The van der Waals surface area contributed by atoms with Gasteiger partial charge in [0.25, 0.3) is 5.91 Å². The number of fused-ring (bicyclic) bond motifs is 1. The van der Waals surface area contributed by atoms with Crippen LogP contribution in [0.3, 0.4) is 0 Å². The first-order valence-electron chi connectivity index (χ1n) is 7.61. The number of carbonyl (C=O) groups is 1. The average Bonchev–Trinajstić information content (AvgIpc) is 2.87. The number of anilines is 1. The van der Waals surface area contributed by atoms with E-state index in [1.165, 1.54) is 6.08 Å². The molecule has 122 valence electrons. The van der Waals surface area contributed by atoms with Crippen LogP contribution in [0.1, 0.15) is 6.92 Å². The summed E-state index contributed by atoms with van der Waals surface area (Å²) < 4.78 is 5.76. The zero-order valence-corrected chi connectivity index (χ0v) is 13.3. The van der Waals surface area contributed by atoms with Gasteiger partial charge in [0.05, 0.1) is 22.7 Å². The molecule has 1 amide bonds. The normalized spacial score (nSPS) is 14.1. The number of hydrogen-bond donors (Lipinski definition) is 2. The summed E-state index contributed by atoms with van der Waals surface area (Å²) in [6.07, 6.45) is 0.856. The highest BCUT2D eigenvalue weighted by atomic mass is 16.5. The molecule has 0 bridgehead atoms. The van der Waals surface area contributed by atoms with Gasteiger partial charge in [0.2, 0.25) is 0 Å². The summed E-state index contributed by atoms with van der Waals surface area (Å²) in [6.45, 7) is 5.45. The van der Waals surface area contributed by atoms with Crippen LogP contribution in [0.5, 0.6) is 5.75 Å². The number of aliphatic hydroxyl groups is 1. The second-order valence-corrected chi connectivity index (χ2v) is 5.62. The maximum atomic E-state index is 12.1. The number of carbonyl (C=O) groups excluding carboxylic acids is 1. The fraction of sp³-hybridized carbons (Fsp3) is 0.158. The van der Waals surface area contributed by atoms with Crippen molar-refractivity contribution in [3.05, 3.63) is 59.6 Å². The quantitative estimate of drug-likeness (QED) is 0.810. The van der Waals surface area contributed by atoms with Gasteiger partial charge in [-0.05, 0) is 18.6 Å². The van der Waals surface area contributed by atoms with E-state index in [0.29, 0.717) is 33.1 Å². The Morgan fingerprint density at radius 2 is 2.08 bits per heavy atom. The van der Waals surface area contributed by atoms with Gasteiger partial charge in [0, 0.05) is 10.8 Å². The molecular weight excluding hydrogens is 304 g/mol. The number of ether oxygens (including phenoxy) is 1. The van der Waals surface area contributed by atoms with E-state index >= 15 is 0 Å². The molecule has 0 fully saturated rings. The summed E-state index contributed by atoms with van der Waals surface area (Å²) in [4.78, 5) is 16.2. The smallest absolute Gasteiger partial charge is 0.278 e. The first kappa shape index (κ1) is 16.0. The lowest BCUT2D eigenvalue weighted by Gasteiger charge is -2.16. The fourth-order valence-corrected chi connectivity index (χ4v) is 2.74. The van der Waals surface area contributed by atoms with Gasteiger partial charge >= 0.3 is 0 Å². The predicted molar refractivity (Wildman–Crippen MR) is 92.9 cm³/mol. The van der Waals surface area contributed by atoms with Crippen molar-refractivity contribution < 1.29 is 14.6 Å². The molecule has 0 spiro atoms. The van der Waals surface area contributed by atoms with Crippen molar-refractivity contribution in [1.29, 1.82) is 0 Å². The van der Waals surface area contributed by atoms with E-state index in [0.717, 1.165) is 5.56 Å². The van der Waals surface area contributed by atoms with Crippen molar-refractivity contribution in [2.24, 2.45) is 4.99 Å². The van der Waals surface area contributed by atoms with Gasteiger partial charge in [-0.2, -0.15) is 0 Å². The van der Waals surface area contributed by atoms with Crippen molar-refractivity contribution in [2.75, 3.05) is 12.3 Å². The molecule has 1 heterocycles. The molecule has 1 atom stereocenters. The van der Waals surface area contributed by atoms with Crippen LogP contribution in [-0.4, -0.2) is 23.7 Å². The van der Waals surface area contributed by atoms with E-state index in [9.17, 15) is 9.90 Å². The molecule has 1 aliphatic rings. The third kappa shape index (κ3) is 2.70. The summed E-state index contributed by atoms with van der Waals surface area (Å²) in [6, 6.07) is 11.1. The number of hydrogen-bond acceptors (Lipinski definition) is 4. The molecule has 2 aromatic carbocycles. The van der Waals surface area contributed by atoms with E-state index in [-0.39, 0.29) is 12.5 Å². The minimum atomic E-state index is -0.643. The lowest BCUT2D eigenvalue weighted by Crippen LogP contribution is -2.28. The maximum Gasteiger partial charge on any atom is 0.278 e. The lowest BCUT2D eigenvalue weighted by molar-refractivity contribution is -0.112. The second kappa shape index (κ2) is 6.29. The Labute approximate surface area is 139 Å². The molecule has 1 aliphatic heterocycles. The first-order chi connectivity index (χ1) is 11.5. The molecule has 24 heavy (non-hydrogen) atoms. The van der Waals surface area contributed by atoms with Crippen LogP contribution >= 0.6 is 0 Å². The Kier molecular flexibility index (Phi) is 4.18. The van der Waals surface area contributed by atoms with E-state index in [2.05, 4.69) is 11.6 Å². The van der Waals surface area contributed by atoms with E-state index in [1.54, 1.807) is 13.0 Å². The molecule has 0 radical (unpaired) electrons. The van der Waals surface area contributed by atoms with Gasteiger partial charge in [-0.25, -0.2) is 4.99 Å². The summed E-state index contributed by atoms with van der Waals surface area (Å²) in [5, 5.41) is 10.7. The third-order valence-corrected chi connectivity index (χ3v) is 3.74. The Morgan fingerprint density at radius 1 is 1.38 bits per heavy atom. The van der Waals surface area contributed by atoms with Crippen molar-refractivity contribution in [3.8, 4) is 16.9 Å². The molecule has 3 rings (SSSR count). The van der Waals surface area contributed by atoms with Crippen LogP contribution in [-0.2, 0) is 4.79 Å². The van der Waals surface area contributed by atoms with Crippen LogP contribution in [0.4, 0.5) is 5.69 Å². The fourth-order valence-electron chi connectivity index (χ4n) is 2.74. The van der Waals surface area contributed by atoms with Crippen molar-refractivity contribution in [3.63, 3.8) is 0 Å². The van der Waals surface area contributed by atoms with Gasteiger partial charge in [-0.3, -0.25) is 4.79 Å². The van der Waals surface area contributed by atoms with Crippen LogP contribution in [0.15, 0.2) is 54.0 Å². The van der Waals surface area contributed by atoms with Gasteiger partial charge in [0.15, 0.2) is 5.75 Å². The zero-order chi connectivity index (χ0) is 17.3. The SMILES string of the molecule is C=CC1=c2c(-c3ccccc3)c(OCC(C)O)c(N)cc2=NC1=O. The van der Waals surface area contributed by atoms with Crippen LogP contribution in [0, 0.1) is 0 Å². The minimum Gasteiger partial charge on any atom is -0.488 e. The molecular formula is C19H18N2O3. The summed E-state index contributed by atoms with van der Waals surface area (Å²) >= 11 is 0.